The van der Waals surface area contributed by atoms with Gasteiger partial charge in [-0.2, -0.15) is 0 Å². The molecule has 1 atom stereocenters. The van der Waals surface area contributed by atoms with Gasteiger partial charge < -0.3 is 25.0 Å². The third kappa shape index (κ3) is 4.99. The van der Waals surface area contributed by atoms with Crippen molar-refractivity contribution in [1.29, 1.82) is 0 Å². The topological polar surface area (TPSA) is 83.1 Å². The largest absolute Gasteiger partial charge is 0.496 e. The van der Waals surface area contributed by atoms with E-state index in [1.807, 2.05) is 29.2 Å². The van der Waals surface area contributed by atoms with Crippen LogP contribution in [0.1, 0.15) is 18.5 Å². The molecule has 0 bridgehead atoms. The number of nitrogens with zero attached hydrogens (tertiary/aromatic N) is 2. The lowest BCUT2D eigenvalue weighted by Crippen LogP contribution is -2.52. The molecule has 0 radical (unpaired) electrons. The quantitative estimate of drug-likeness (QED) is 0.608. The van der Waals surface area contributed by atoms with Crippen LogP contribution in [0.25, 0.3) is 0 Å². The van der Waals surface area contributed by atoms with Crippen molar-refractivity contribution in [3.8, 4) is 5.75 Å². The summed E-state index contributed by atoms with van der Waals surface area (Å²) in [7, 11) is 1.55. The molecule has 0 unspecified atom stereocenters. The first-order valence-electron chi connectivity index (χ1n) is 11.3. The fraction of sp³-hybridized carbons (Fsp3) is 0.360. The molecule has 8 nitrogen and oxygen atoms in total. The number of carbonyl (C=O) groups is 2. The third-order valence-electron chi connectivity index (χ3n) is 6.05. The van der Waals surface area contributed by atoms with E-state index < -0.39 is 18.0 Å². The van der Waals surface area contributed by atoms with Crippen molar-refractivity contribution in [2.24, 2.45) is 0 Å². The summed E-state index contributed by atoms with van der Waals surface area (Å²) in [4.78, 5) is 29.8. The van der Waals surface area contributed by atoms with Gasteiger partial charge in [-0.3, -0.25) is 4.90 Å². The van der Waals surface area contributed by atoms with Crippen LogP contribution in [-0.2, 0) is 9.53 Å². The van der Waals surface area contributed by atoms with Crippen molar-refractivity contribution in [1.82, 2.24) is 15.5 Å². The second kappa shape index (κ2) is 10.6. The van der Waals surface area contributed by atoms with Gasteiger partial charge in [0.2, 0.25) is 0 Å². The summed E-state index contributed by atoms with van der Waals surface area (Å²) in [6, 6.07) is 12.9. The summed E-state index contributed by atoms with van der Waals surface area (Å²) in [6.07, 6.45) is 0. The number of urea groups is 1. The highest BCUT2D eigenvalue weighted by molar-refractivity contribution is 5.95. The summed E-state index contributed by atoms with van der Waals surface area (Å²) < 4.78 is 25.0. The van der Waals surface area contributed by atoms with Gasteiger partial charge in [-0.1, -0.05) is 30.3 Å². The molecule has 2 N–H and O–H groups in total. The Hall–Kier alpha value is -3.59. The van der Waals surface area contributed by atoms with Crippen molar-refractivity contribution in [2.75, 3.05) is 51.3 Å². The fourth-order valence-electron chi connectivity index (χ4n) is 4.41. The average Bonchev–Trinajstić information content (AvgIpc) is 2.84. The van der Waals surface area contributed by atoms with Crippen LogP contribution < -0.4 is 20.3 Å². The molecule has 2 aromatic carbocycles. The number of ether oxygens (including phenoxy) is 2. The molecule has 2 aliphatic rings. The van der Waals surface area contributed by atoms with E-state index in [0.29, 0.717) is 61.0 Å². The second-order valence-corrected chi connectivity index (χ2v) is 8.10. The van der Waals surface area contributed by atoms with Gasteiger partial charge in [0.1, 0.15) is 11.6 Å². The number of carbonyl (C=O) groups excluding carboxylic acids is 2. The van der Waals surface area contributed by atoms with Gasteiger partial charge in [0, 0.05) is 44.0 Å². The Balaban J connectivity index is 1.59. The van der Waals surface area contributed by atoms with E-state index in [2.05, 4.69) is 15.5 Å². The van der Waals surface area contributed by atoms with Crippen molar-refractivity contribution in [3.05, 3.63) is 71.2 Å². The van der Waals surface area contributed by atoms with Crippen molar-refractivity contribution in [2.45, 2.75) is 13.0 Å². The van der Waals surface area contributed by atoms with E-state index in [9.17, 15) is 14.0 Å². The van der Waals surface area contributed by atoms with Gasteiger partial charge in [-0.15, -0.1) is 0 Å². The fourth-order valence-corrected chi connectivity index (χ4v) is 4.41. The second-order valence-electron chi connectivity index (χ2n) is 8.10. The summed E-state index contributed by atoms with van der Waals surface area (Å²) in [6.45, 7) is 4.87. The summed E-state index contributed by atoms with van der Waals surface area (Å²) in [5.74, 6) is -0.172. The molecule has 34 heavy (non-hydrogen) atoms. The van der Waals surface area contributed by atoms with Crippen LogP contribution in [0.2, 0.25) is 0 Å². The Labute approximate surface area is 198 Å². The van der Waals surface area contributed by atoms with Crippen molar-refractivity contribution < 1.29 is 23.5 Å². The highest BCUT2D eigenvalue weighted by atomic mass is 19.1. The Bertz CT molecular complexity index is 1080. The number of amides is 2. The number of anilines is 1. The minimum absolute atomic E-state index is 0.212. The Kier molecular flexibility index (Phi) is 7.32. The van der Waals surface area contributed by atoms with Crippen LogP contribution >= 0.6 is 0 Å². The molecule has 2 aromatic rings. The van der Waals surface area contributed by atoms with E-state index in [-0.39, 0.29) is 12.4 Å². The van der Waals surface area contributed by atoms with Crippen LogP contribution in [0, 0.1) is 5.82 Å². The molecule has 0 aromatic heterocycles. The first kappa shape index (κ1) is 23.6. The van der Waals surface area contributed by atoms with Gasteiger partial charge in [0.15, 0.2) is 0 Å². The number of halogens is 1. The minimum atomic E-state index is -0.710. The normalized spacial score (nSPS) is 18.9. The van der Waals surface area contributed by atoms with E-state index in [0.717, 1.165) is 0 Å². The van der Waals surface area contributed by atoms with Crippen LogP contribution in [-0.4, -0.2) is 63.3 Å². The number of piperazine rings is 1. The van der Waals surface area contributed by atoms with Gasteiger partial charge in [-0.05, 0) is 25.1 Å². The zero-order valence-electron chi connectivity index (χ0n) is 19.3. The maximum atomic E-state index is 14.2. The lowest BCUT2D eigenvalue weighted by Gasteiger charge is -2.38. The number of esters is 1. The molecule has 0 spiro atoms. The number of para-hydroxylation sites is 2. The lowest BCUT2D eigenvalue weighted by molar-refractivity contribution is -0.139. The number of hydrogen-bond acceptors (Lipinski definition) is 6. The molecule has 2 aliphatic heterocycles. The average molecular weight is 469 g/mol. The highest BCUT2D eigenvalue weighted by Crippen LogP contribution is 2.34. The maximum Gasteiger partial charge on any atom is 0.338 e. The van der Waals surface area contributed by atoms with Crippen LogP contribution in [0.5, 0.6) is 5.75 Å². The number of benzene rings is 2. The van der Waals surface area contributed by atoms with Crippen LogP contribution in [0.15, 0.2) is 59.8 Å². The van der Waals surface area contributed by atoms with Crippen molar-refractivity contribution >= 4 is 17.7 Å². The van der Waals surface area contributed by atoms with Crippen LogP contribution in [0.4, 0.5) is 14.9 Å². The zero-order chi connectivity index (χ0) is 24.1. The molecular weight excluding hydrogens is 439 g/mol. The summed E-state index contributed by atoms with van der Waals surface area (Å²) >= 11 is 0. The van der Waals surface area contributed by atoms with Crippen LogP contribution in [0.3, 0.4) is 0 Å². The third-order valence-corrected chi connectivity index (χ3v) is 6.05. The first-order valence-corrected chi connectivity index (χ1v) is 11.3. The molecular formula is C25H29FN4O4. The lowest BCUT2D eigenvalue weighted by atomic mass is 9.94. The monoisotopic (exact) mass is 468 g/mol. The zero-order valence-corrected chi connectivity index (χ0v) is 19.3. The number of rotatable bonds is 7. The SMILES string of the molecule is CCOC(=O)C1=C(CN2CCN(c3ccccc3F)CC2)NC(=O)N[C@H]1c1ccccc1OC. The Morgan fingerprint density at radius 3 is 2.50 bits per heavy atom. The Morgan fingerprint density at radius 2 is 1.79 bits per heavy atom. The van der Waals surface area contributed by atoms with E-state index in [1.54, 1.807) is 32.2 Å². The number of hydrogen-bond donors (Lipinski definition) is 2. The van der Waals surface area contributed by atoms with Gasteiger partial charge in [0.05, 0.1) is 31.0 Å². The number of nitrogens with one attached hydrogen (secondary N) is 2. The van der Waals surface area contributed by atoms with Gasteiger partial charge in [-0.25, -0.2) is 14.0 Å². The molecule has 4 rings (SSSR count). The summed E-state index contributed by atoms with van der Waals surface area (Å²) in [5, 5.41) is 5.66. The Morgan fingerprint density at radius 1 is 1.09 bits per heavy atom. The molecule has 2 heterocycles. The molecule has 1 fully saturated rings. The first-order chi connectivity index (χ1) is 16.5. The smallest absolute Gasteiger partial charge is 0.338 e. The standard InChI is InChI=1S/C25H29FN4O4/c1-3-34-24(31)22-19(27-25(32)28-23(22)17-8-4-7-11-21(17)33-2)16-29-12-14-30(15-13-29)20-10-6-5-9-18(20)26/h4-11,23H,3,12-16H2,1-2H3,(H2,27,28,32)/t23-/m0/s1. The van der Waals surface area contributed by atoms with E-state index >= 15 is 0 Å². The molecule has 1 saturated heterocycles. The highest BCUT2D eigenvalue weighted by Gasteiger charge is 2.36. The number of methoxy groups -OCH3 is 1. The predicted octanol–water partition coefficient (Wildman–Crippen LogP) is 2.83. The van der Waals surface area contributed by atoms with E-state index in [4.69, 9.17) is 9.47 Å². The minimum Gasteiger partial charge on any atom is -0.496 e. The predicted molar refractivity (Wildman–Crippen MR) is 126 cm³/mol. The molecule has 0 aliphatic carbocycles. The molecule has 180 valence electrons. The van der Waals surface area contributed by atoms with Gasteiger partial charge >= 0.3 is 12.0 Å². The van der Waals surface area contributed by atoms with Crippen molar-refractivity contribution in [3.63, 3.8) is 0 Å². The maximum absolute atomic E-state index is 14.2. The van der Waals surface area contributed by atoms with Gasteiger partial charge in [0.25, 0.3) is 0 Å². The van der Waals surface area contributed by atoms with E-state index in [1.165, 1.54) is 6.07 Å². The molecule has 2 amide bonds. The molecule has 0 saturated carbocycles. The summed E-state index contributed by atoms with van der Waals surface area (Å²) in [5.41, 5.74) is 2.10. The molecule has 9 heteroatoms.